The molecule has 0 N–H and O–H groups in total. The minimum atomic E-state index is -0.884. The maximum absolute atomic E-state index is 11.6. The van der Waals surface area contributed by atoms with Crippen LogP contribution in [0.1, 0.15) is 20.7 Å². The molecule has 4 nitrogen and oxygen atoms in total. The fourth-order valence-corrected chi connectivity index (χ4v) is 1.65. The third-order valence-electron chi connectivity index (χ3n) is 2.35. The monoisotopic (exact) mass is 189 g/mol. The average Bonchev–Trinajstić information content (AvgIpc) is 2.45. The van der Waals surface area contributed by atoms with E-state index in [1.165, 1.54) is 0 Å². The van der Waals surface area contributed by atoms with Crippen molar-refractivity contribution in [3.63, 3.8) is 0 Å². The third-order valence-corrected chi connectivity index (χ3v) is 2.35. The van der Waals surface area contributed by atoms with Crippen molar-refractivity contribution in [1.29, 1.82) is 0 Å². The molecule has 0 amide bonds. The van der Waals surface area contributed by atoms with Gasteiger partial charge in [0.2, 0.25) is 0 Å². The molecule has 14 heavy (non-hydrogen) atoms. The van der Waals surface area contributed by atoms with Crippen LogP contribution >= 0.6 is 0 Å². The van der Waals surface area contributed by atoms with Crippen molar-refractivity contribution < 1.29 is 9.59 Å². The number of nitroso groups, excluding NO2 is 1. The van der Waals surface area contributed by atoms with Crippen molar-refractivity contribution in [2.75, 3.05) is 6.54 Å². The summed E-state index contributed by atoms with van der Waals surface area (Å²) < 4.78 is 0. The molecule has 70 valence electrons. The van der Waals surface area contributed by atoms with E-state index in [2.05, 4.69) is 5.18 Å². The lowest BCUT2D eigenvalue weighted by atomic mass is 10.1. The quantitative estimate of drug-likeness (QED) is 0.522. The van der Waals surface area contributed by atoms with Crippen LogP contribution in [0.4, 0.5) is 0 Å². The van der Waals surface area contributed by atoms with Crippen LogP contribution in [0.2, 0.25) is 0 Å². The number of ketones is 2. The average molecular weight is 189 g/mol. The van der Waals surface area contributed by atoms with Gasteiger partial charge < -0.3 is 0 Å². The Morgan fingerprint density at radius 2 is 1.57 bits per heavy atom. The summed E-state index contributed by atoms with van der Waals surface area (Å²) in [6, 6.07) is 6.59. The Labute approximate surface area is 79.9 Å². The van der Waals surface area contributed by atoms with Crippen LogP contribution in [0.3, 0.4) is 0 Å². The number of benzene rings is 1. The predicted octanol–water partition coefficient (Wildman–Crippen LogP) is 1.45. The Bertz CT molecular complexity index is 390. The van der Waals surface area contributed by atoms with Gasteiger partial charge in [-0.15, -0.1) is 0 Å². The van der Waals surface area contributed by atoms with Gasteiger partial charge in [-0.1, -0.05) is 29.4 Å². The molecule has 1 aliphatic rings. The Morgan fingerprint density at radius 1 is 1.07 bits per heavy atom. The van der Waals surface area contributed by atoms with Crippen molar-refractivity contribution in [1.82, 2.24) is 0 Å². The van der Waals surface area contributed by atoms with Gasteiger partial charge in [0.15, 0.2) is 11.6 Å². The van der Waals surface area contributed by atoms with Gasteiger partial charge >= 0.3 is 0 Å². The molecule has 1 aromatic carbocycles. The van der Waals surface area contributed by atoms with E-state index in [0.29, 0.717) is 11.1 Å². The number of hydrogen-bond acceptors (Lipinski definition) is 4. The molecule has 1 aromatic rings. The van der Waals surface area contributed by atoms with Crippen LogP contribution in [-0.2, 0) is 0 Å². The molecule has 0 heterocycles. The van der Waals surface area contributed by atoms with Crippen molar-refractivity contribution in [3.8, 4) is 0 Å². The van der Waals surface area contributed by atoms with Crippen LogP contribution in [0, 0.1) is 10.8 Å². The summed E-state index contributed by atoms with van der Waals surface area (Å²) in [7, 11) is 0. The highest BCUT2D eigenvalue weighted by Crippen LogP contribution is 2.26. The van der Waals surface area contributed by atoms with E-state index in [-0.39, 0.29) is 18.1 Å². The Hall–Kier alpha value is -1.84. The predicted molar refractivity (Wildman–Crippen MR) is 49.3 cm³/mol. The number of carbonyl (C=O) groups is 2. The lowest BCUT2D eigenvalue weighted by Gasteiger charge is -1.97. The number of hydrogen-bond donors (Lipinski definition) is 0. The summed E-state index contributed by atoms with van der Waals surface area (Å²) in [5.74, 6) is -1.46. The van der Waals surface area contributed by atoms with Gasteiger partial charge in [-0.05, 0) is 0 Å². The molecule has 2 rings (SSSR count). The first-order valence-corrected chi connectivity index (χ1v) is 4.22. The first-order valence-electron chi connectivity index (χ1n) is 4.22. The maximum atomic E-state index is 11.6. The highest BCUT2D eigenvalue weighted by Gasteiger charge is 2.38. The van der Waals surface area contributed by atoms with E-state index in [1.807, 2.05) is 0 Å². The van der Waals surface area contributed by atoms with Gasteiger partial charge in [-0.25, -0.2) is 0 Å². The number of rotatable bonds is 2. The molecule has 0 aromatic heterocycles. The smallest absolute Gasteiger partial charge is 0.176 e. The summed E-state index contributed by atoms with van der Waals surface area (Å²) in [4.78, 5) is 33.2. The third kappa shape index (κ3) is 1.08. The fourth-order valence-electron chi connectivity index (χ4n) is 1.65. The molecule has 0 saturated carbocycles. The number of Topliss-reactive ketones (excluding diaryl/α,β-unsaturated/α-hetero) is 2. The first kappa shape index (κ1) is 8.74. The highest BCUT2D eigenvalue weighted by atomic mass is 16.3. The second-order valence-corrected chi connectivity index (χ2v) is 3.14. The fraction of sp³-hybridized carbons (Fsp3) is 0.200. The van der Waals surface area contributed by atoms with E-state index >= 15 is 0 Å². The molecule has 1 aliphatic carbocycles. The summed E-state index contributed by atoms with van der Waals surface area (Å²) in [6.07, 6.45) is 0. The van der Waals surface area contributed by atoms with Crippen molar-refractivity contribution in [3.05, 3.63) is 40.3 Å². The molecule has 0 saturated heterocycles. The van der Waals surface area contributed by atoms with Gasteiger partial charge in [0.25, 0.3) is 0 Å². The van der Waals surface area contributed by atoms with Crippen LogP contribution in [-0.4, -0.2) is 18.1 Å². The molecule has 0 unspecified atom stereocenters. The Balaban J connectivity index is 2.48. The summed E-state index contributed by atoms with van der Waals surface area (Å²) in [6.45, 7) is -0.258. The zero-order valence-corrected chi connectivity index (χ0v) is 7.27. The largest absolute Gasteiger partial charge is 0.293 e. The van der Waals surface area contributed by atoms with Crippen molar-refractivity contribution in [2.45, 2.75) is 0 Å². The topological polar surface area (TPSA) is 63.6 Å². The second kappa shape index (κ2) is 3.14. The highest BCUT2D eigenvalue weighted by molar-refractivity contribution is 6.26. The van der Waals surface area contributed by atoms with E-state index in [4.69, 9.17) is 0 Å². The SMILES string of the molecule is O=NCC1C(=O)c2ccccc2C1=O. The van der Waals surface area contributed by atoms with E-state index in [9.17, 15) is 14.5 Å². The minimum Gasteiger partial charge on any atom is -0.293 e. The van der Waals surface area contributed by atoms with Crippen molar-refractivity contribution in [2.24, 2.45) is 11.1 Å². The van der Waals surface area contributed by atoms with Crippen LogP contribution in [0.5, 0.6) is 0 Å². The van der Waals surface area contributed by atoms with Gasteiger partial charge in [-0.3, -0.25) is 9.59 Å². The standard InChI is InChI=1S/C10H7NO3/c12-9-6-3-1-2-4-7(6)10(13)8(9)5-11-14/h1-4,8H,5H2. The summed E-state index contributed by atoms with van der Waals surface area (Å²) in [5.41, 5.74) is 0.817. The lowest BCUT2D eigenvalue weighted by Crippen LogP contribution is -2.17. The van der Waals surface area contributed by atoms with E-state index in [1.54, 1.807) is 24.3 Å². The molecule has 0 radical (unpaired) electrons. The summed E-state index contributed by atoms with van der Waals surface area (Å²) >= 11 is 0. The van der Waals surface area contributed by atoms with Gasteiger partial charge in [0, 0.05) is 11.1 Å². The number of fused-ring (bicyclic) bond motifs is 1. The van der Waals surface area contributed by atoms with Gasteiger partial charge in [-0.2, -0.15) is 4.91 Å². The zero-order chi connectivity index (χ0) is 10.1. The van der Waals surface area contributed by atoms with Crippen LogP contribution in [0.25, 0.3) is 0 Å². The summed E-state index contributed by atoms with van der Waals surface area (Å²) in [5, 5.41) is 2.61. The molecule has 0 fully saturated rings. The molecule has 0 aliphatic heterocycles. The minimum absolute atomic E-state index is 0.258. The van der Waals surface area contributed by atoms with E-state index < -0.39 is 5.92 Å². The van der Waals surface area contributed by atoms with Crippen LogP contribution < -0.4 is 0 Å². The second-order valence-electron chi connectivity index (χ2n) is 3.14. The molecule has 4 heteroatoms. The first-order chi connectivity index (χ1) is 6.75. The van der Waals surface area contributed by atoms with Crippen LogP contribution in [0.15, 0.2) is 29.4 Å². The molecule has 0 atom stereocenters. The van der Waals surface area contributed by atoms with Gasteiger partial charge in [0.05, 0.1) is 6.54 Å². The van der Waals surface area contributed by atoms with Gasteiger partial charge in [0.1, 0.15) is 5.92 Å². The number of nitrogens with zero attached hydrogens (tertiary/aromatic N) is 1. The normalized spacial score (nSPS) is 15.7. The van der Waals surface area contributed by atoms with E-state index in [0.717, 1.165) is 0 Å². The maximum Gasteiger partial charge on any atom is 0.176 e. The number of carbonyl (C=O) groups excluding carboxylic acids is 2. The lowest BCUT2D eigenvalue weighted by molar-refractivity contribution is 0.0845. The Morgan fingerprint density at radius 3 is 2.00 bits per heavy atom. The van der Waals surface area contributed by atoms with Crippen molar-refractivity contribution >= 4 is 11.6 Å². The molecular weight excluding hydrogens is 182 g/mol. The molecule has 0 spiro atoms. The molecule has 0 bridgehead atoms. The Kier molecular flexibility index (Phi) is 1.96. The zero-order valence-electron chi connectivity index (χ0n) is 7.27. The molecular formula is C10H7NO3.